The lowest BCUT2D eigenvalue weighted by Gasteiger charge is -2.45. The van der Waals surface area contributed by atoms with E-state index in [1.807, 2.05) is 0 Å². The molecule has 2 aromatic carbocycles. The second-order valence-electron chi connectivity index (χ2n) is 9.57. The van der Waals surface area contributed by atoms with E-state index >= 15 is 0 Å². The number of nitrogens with zero attached hydrogens (tertiary/aromatic N) is 1. The molecule has 4 atom stereocenters. The van der Waals surface area contributed by atoms with Gasteiger partial charge in [0.2, 0.25) is 5.52 Å². The van der Waals surface area contributed by atoms with Crippen LogP contribution in [0.4, 0.5) is 0 Å². The summed E-state index contributed by atoms with van der Waals surface area (Å²) in [6, 6.07) is 11.8. The average Bonchev–Trinajstić information content (AvgIpc) is 3.36. The lowest BCUT2D eigenvalue weighted by atomic mass is 9.60. The Morgan fingerprint density at radius 1 is 1.04 bits per heavy atom. The molecule has 2 aliphatic carbocycles. The van der Waals surface area contributed by atoms with Gasteiger partial charge < -0.3 is 0 Å². The van der Waals surface area contributed by atoms with Crippen LogP contribution in [0.3, 0.4) is 0 Å². The minimum Gasteiger partial charge on any atom is -0.188 e. The van der Waals surface area contributed by atoms with Crippen molar-refractivity contribution in [3.63, 3.8) is 0 Å². The van der Waals surface area contributed by atoms with Crippen LogP contribution in [-0.4, -0.2) is 0 Å². The number of rotatable bonds is 3. The van der Waals surface area contributed by atoms with Crippen molar-refractivity contribution in [1.29, 1.82) is 0 Å². The maximum Gasteiger partial charge on any atom is 0.221 e. The van der Waals surface area contributed by atoms with Crippen molar-refractivity contribution in [2.45, 2.75) is 75.7 Å². The highest BCUT2D eigenvalue weighted by atomic mass is 15.1. The summed E-state index contributed by atoms with van der Waals surface area (Å²) >= 11 is 0. The number of benzene rings is 2. The van der Waals surface area contributed by atoms with Crippen LogP contribution in [0.5, 0.6) is 0 Å². The highest BCUT2D eigenvalue weighted by molar-refractivity contribution is 6.10. The molecule has 0 radical (unpaired) electrons. The first-order valence-corrected chi connectivity index (χ1v) is 11.2. The third-order valence-electron chi connectivity index (χ3n) is 8.98. The molecular weight excluding hydrogens is 338 g/mol. The van der Waals surface area contributed by atoms with Gasteiger partial charge in [0.05, 0.1) is 16.2 Å². The molecule has 2 heterocycles. The van der Waals surface area contributed by atoms with Crippen molar-refractivity contribution in [3.8, 4) is 0 Å². The van der Waals surface area contributed by atoms with E-state index in [2.05, 4.69) is 74.5 Å². The van der Waals surface area contributed by atoms with Gasteiger partial charge >= 0.3 is 0 Å². The Hall–Kier alpha value is -2.15. The van der Waals surface area contributed by atoms with Crippen LogP contribution in [0.2, 0.25) is 0 Å². The Morgan fingerprint density at radius 2 is 1.75 bits per heavy atom. The van der Waals surface area contributed by atoms with Gasteiger partial charge in [-0.25, -0.2) is 0 Å². The summed E-state index contributed by atoms with van der Waals surface area (Å²) in [6.45, 7) is 11.5. The van der Waals surface area contributed by atoms with Crippen LogP contribution < -0.4 is 4.57 Å². The summed E-state index contributed by atoms with van der Waals surface area (Å²) in [7, 11) is 0. The lowest BCUT2D eigenvalue weighted by molar-refractivity contribution is -0.741. The predicted octanol–water partition coefficient (Wildman–Crippen LogP) is 6.62. The molecule has 1 aromatic heterocycles. The third-order valence-corrected chi connectivity index (χ3v) is 8.98. The molecule has 1 aliphatic heterocycles. The van der Waals surface area contributed by atoms with Crippen molar-refractivity contribution >= 4 is 21.7 Å². The van der Waals surface area contributed by atoms with Gasteiger partial charge in [-0.15, -0.1) is 0 Å². The first-order valence-electron chi connectivity index (χ1n) is 11.2. The fourth-order valence-corrected chi connectivity index (χ4v) is 7.51. The van der Waals surface area contributed by atoms with Crippen LogP contribution in [0, 0.1) is 0 Å². The SMILES string of the molecule is C=CC1(CC)[n+]2cccc3c4c(c5cccc(c5c32)C1(C)CC)C1CCC4C1. The zero-order valence-electron chi connectivity index (χ0n) is 17.4. The molecule has 2 bridgehead atoms. The van der Waals surface area contributed by atoms with Crippen LogP contribution in [-0.2, 0) is 11.0 Å². The summed E-state index contributed by atoms with van der Waals surface area (Å²) in [6.07, 6.45) is 10.9. The molecule has 0 N–H and O–H groups in total. The molecule has 28 heavy (non-hydrogen) atoms. The minimum absolute atomic E-state index is 0.0425. The number of aromatic nitrogens is 1. The van der Waals surface area contributed by atoms with E-state index in [0.717, 1.165) is 24.7 Å². The Bertz CT molecular complexity index is 1170. The number of pyridine rings is 1. The molecule has 0 spiro atoms. The molecule has 3 aliphatic rings. The molecule has 4 unspecified atom stereocenters. The van der Waals surface area contributed by atoms with E-state index < -0.39 is 0 Å². The molecule has 6 rings (SSSR count). The normalized spacial score (nSPS) is 32.4. The van der Waals surface area contributed by atoms with Gasteiger partial charge in [-0.05, 0) is 78.7 Å². The summed E-state index contributed by atoms with van der Waals surface area (Å²) in [5.74, 6) is 1.54. The second kappa shape index (κ2) is 5.26. The zero-order valence-corrected chi connectivity index (χ0v) is 17.4. The molecule has 3 aromatic rings. The van der Waals surface area contributed by atoms with Crippen molar-refractivity contribution in [1.82, 2.24) is 0 Å². The van der Waals surface area contributed by atoms with Crippen LogP contribution in [0.1, 0.15) is 81.4 Å². The molecule has 1 fully saturated rings. The van der Waals surface area contributed by atoms with Gasteiger partial charge in [0, 0.05) is 12.5 Å². The Kier molecular flexibility index (Phi) is 3.15. The van der Waals surface area contributed by atoms with Gasteiger partial charge in [0.1, 0.15) is 0 Å². The van der Waals surface area contributed by atoms with Gasteiger partial charge in [-0.1, -0.05) is 38.6 Å². The Labute approximate surface area is 168 Å². The molecule has 1 saturated carbocycles. The number of allylic oxidation sites excluding steroid dienone is 1. The zero-order chi connectivity index (χ0) is 19.3. The minimum atomic E-state index is -0.0889. The van der Waals surface area contributed by atoms with Gasteiger partial charge in [0.15, 0.2) is 11.7 Å². The lowest BCUT2D eigenvalue weighted by Crippen LogP contribution is -2.67. The number of fused-ring (bicyclic) bond motifs is 7. The van der Waals surface area contributed by atoms with Gasteiger partial charge in [0.25, 0.3) is 0 Å². The molecule has 142 valence electrons. The first-order chi connectivity index (χ1) is 13.6. The summed E-state index contributed by atoms with van der Waals surface area (Å²) in [5, 5.41) is 4.59. The van der Waals surface area contributed by atoms with E-state index in [0.29, 0.717) is 0 Å². The molecule has 0 amide bonds. The summed E-state index contributed by atoms with van der Waals surface area (Å²) in [4.78, 5) is 0. The average molecular weight is 369 g/mol. The van der Waals surface area contributed by atoms with Gasteiger partial charge in [-0.3, -0.25) is 0 Å². The second-order valence-corrected chi connectivity index (χ2v) is 9.57. The quantitative estimate of drug-likeness (QED) is 0.278. The van der Waals surface area contributed by atoms with Crippen molar-refractivity contribution in [2.24, 2.45) is 0 Å². The molecule has 0 saturated heterocycles. The Morgan fingerprint density at radius 3 is 2.43 bits per heavy atom. The maximum absolute atomic E-state index is 4.38. The molecule has 1 nitrogen and oxygen atoms in total. The fourth-order valence-electron chi connectivity index (χ4n) is 7.51. The van der Waals surface area contributed by atoms with Crippen LogP contribution in [0.15, 0.2) is 49.2 Å². The standard InChI is InChI=1S/C27H30N/c1-5-26(4)21-12-8-10-19-22-17-13-14-18(16-17)23(22)20-11-9-15-28(25(20)24(19)21)27(26,6-2)7-3/h6,8-12,15,17-18H,2,5,7,13-14,16H2,1,3-4H3/q+1. The molecular formula is C27H30N+. The van der Waals surface area contributed by atoms with Crippen LogP contribution >= 0.6 is 0 Å². The third kappa shape index (κ3) is 1.58. The highest BCUT2D eigenvalue weighted by Gasteiger charge is 2.57. The van der Waals surface area contributed by atoms with E-state index in [1.54, 1.807) is 16.5 Å². The summed E-state index contributed by atoms with van der Waals surface area (Å²) in [5.41, 5.74) is 6.33. The first kappa shape index (κ1) is 16.8. The van der Waals surface area contributed by atoms with Crippen LogP contribution in [0.25, 0.3) is 21.7 Å². The van der Waals surface area contributed by atoms with E-state index in [9.17, 15) is 0 Å². The maximum atomic E-state index is 4.38. The van der Waals surface area contributed by atoms with E-state index in [1.165, 1.54) is 41.1 Å². The number of hydrogen-bond acceptors (Lipinski definition) is 0. The highest BCUT2D eigenvalue weighted by Crippen LogP contribution is 2.59. The summed E-state index contributed by atoms with van der Waals surface area (Å²) < 4.78 is 2.61. The van der Waals surface area contributed by atoms with E-state index in [-0.39, 0.29) is 11.0 Å². The monoisotopic (exact) mass is 368 g/mol. The number of hydrogen-bond donors (Lipinski definition) is 0. The van der Waals surface area contributed by atoms with Crippen molar-refractivity contribution < 1.29 is 4.57 Å². The van der Waals surface area contributed by atoms with Crippen molar-refractivity contribution in [2.75, 3.05) is 0 Å². The fraction of sp³-hybridized carbons (Fsp3) is 0.444. The Balaban J connectivity index is 1.93. The molecule has 1 heteroatoms. The smallest absolute Gasteiger partial charge is 0.188 e. The topological polar surface area (TPSA) is 3.88 Å². The predicted molar refractivity (Wildman–Crippen MR) is 117 cm³/mol. The van der Waals surface area contributed by atoms with Gasteiger partial charge in [-0.2, -0.15) is 4.57 Å². The largest absolute Gasteiger partial charge is 0.221 e. The van der Waals surface area contributed by atoms with Crippen molar-refractivity contribution in [3.05, 3.63) is 65.9 Å². The van der Waals surface area contributed by atoms with E-state index in [4.69, 9.17) is 0 Å².